The number of thiazole rings is 1. The van der Waals surface area contributed by atoms with Crippen LogP contribution in [0.2, 0.25) is 0 Å². The number of hydrogen-bond donors (Lipinski definition) is 2. The van der Waals surface area contributed by atoms with Crippen LogP contribution in [0.5, 0.6) is 0 Å². The van der Waals surface area contributed by atoms with Gasteiger partial charge in [-0.15, -0.1) is 0 Å². The minimum atomic E-state index is 0.0528. The van der Waals surface area contributed by atoms with Crippen LogP contribution in [-0.2, 0) is 4.79 Å². The summed E-state index contributed by atoms with van der Waals surface area (Å²) in [5, 5.41) is 6.86. The Hall–Kier alpha value is -1.46. The van der Waals surface area contributed by atoms with E-state index in [4.69, 9.17) is 0 Å². The molecular weight excluding hydrogens is 246 g/mol. The number of rotatable bonds is 2. The predicted molar refractivity (Wildman–Crippen MR) is 73.8 cm³/mol. The molecule has 0 bridgehead atoms. The first-order valence-electron chi connectivity index (χ1n) is 6.11. The molecule has 2 aromatic rings. The van der Waals surface area contributed by atoms with Crippen molar-refractivity contribution in [2.75, 3.05) is 18.4 Å². The van der Waals surface area contributed by atoms with Gasteiger partial charge in [0, 0.05) is 6.54 Å². The van der Waals surface area contributed by atoms with Gasteiger partial charge in [0.2, 0.25) is 5.91 Å². The number of amides is 1. The maximum absolute atomic E-state index is 12.1. The van der Waals surface area contributed by atoms with Crippen LogP contribution in [0.3, 0.4) is 0 Å². The van der Waals surface area contributed by atoms with Gasteiger partial charge in [-0.05, 0) is 24.6 Å². The van der Waals surface area contributed by atoms with Crippen LogP contribution in [0, 0.1) is 11.8 Å². The highest BCUT2D eigenvalue weighted by molar-refractivity contribution is 7.22. The van der Waals surface area contributed by atoms with E-state index in [1.165, 1.54) is 11.3 Å². The molecule has 0 saturated carbocycles. The third-order valence-corrected chi connectivity index (χ3v) is 4.33. The van der Waals surface area contributed by atoms with Crippen LogP contribution in [0.25, 0.3) is 10.2 Å². The zero-order chi connectivity index (χ0) is 12.5. The predicted octanol–water partition coefficient (Wildman–Crippen LogP) is 2.09. The molecule has 1 aromatic carbocycles. The molecule has 94 valence electrons. The second-order valence-corrected chi connectivity index (χ2v) is 5.75. The topological polar surface area (TPSA) is 54.0 Å². The molecule has 0 radical (unpaired) electrons. The lowest BCUT2D eigenvalue weighted by Gasteiger charge is -2.12. The summed E-state index contributed by atoms with van der Waals surface area (Å²) in [5.74, 6) is 0.517. The van der Waals surface area contributed by atoms with Crippen LogP contribution in [0.15, 0.2) is 24.3 Å². The fraction of sp³-hybridized carbons (Fsp3) is 0.385. The summed E-state index contributed by atoms with van der Waals surface area (Å²) in [6.07, 6.45) is 0. The van der Waals surface area contributed by atoms with Crippen molar-refractivity contribution in [2.24, 2.45) is 11.8 Å². The standard InChI is InChI=1S/C13H15N3OS/c1-8-6-14-7-9(8)12(17)16-13-15-10-4-2-3-5-11(10)18-13/h2-5,8-9,14H,6-7H2,1H3,(H,15,16,17). The molecule has 1 aliphatic heterocycles. The minimum Gasteiger partial charge on any atom is -0.316 e. The van der Waals surface area contributed by atoms with Gasteiger partial charge in [0.05, 0.1) is 16.1 Å². The van der Waals surface area contributed by atoms with Crippen molar-refractivity contribution in [1.29, 1.82) is 0 Å². The van der Waals surface area contributed by atoms with Crippen molar-refractivity contribution in [1.82, 2.24) is 10.3 Å². The molecule has 2 atom stereocenters. The number of carbonyl (C=O) groups excluding carboxylic acids is 1. The number of anilines is 1. The lowest BCUT2D eigenvalue weighted by atomic mass is 9.97. The Morgan fingerprint density at radius 2 is 2.28 bits per heavy atom. The Bertz CT molecular complexity index is 547. The summed E-state index contributed by atoms with van der Waals surface area (Å²) in [6, 6.07) is 7.91. The number of carbonyl (C=O) groups is 1. The second-order valence-electron chi connectivity index (χ2n) is 4.72. The van der Waals surface area contributed by atoms with Crippen LogP contribution in [0.4, 0.5) is 5.13 Å². The van der Waals surface area contributed by atoms with Gasteiger partial charge in [-0.2, -0.15) is 0 Å². The zero-order valence-corrected chi connectivity index (χ0v) is 11.0. The van der Waals surface area contributed by atoms with Crippen LogP contribution in [0.1, 0.15) is 6.92 Å². The van der Waals surface area contributed by atoms with Crippen LogP contribution >= 0.6 is 11.3 Å². The van der Waals surface area contributed by atoms with Crippen molar-refractivity contribution < 1.29 is 4.79 Å². The average Bonchev–Trinajstić information content (AvgIpc) is 2.94. The lowest BCUT2D eigenvalue weighted by molar-refractivity contribution is -0.120. The second kappa shape index (κ2) is 4.66. The number of hydrogen-bond acceptors (Lipinski definition) is 4. The van der Waals surface area contributed by atoms with Gasteiger partial charge >= 0.3 is 0 Å². The summed E-state index contributed by atoms with van der Waals surface area (Å²) in [4.78, 5) is 16.5. The largest absolute Gasteiger partial charge is 0.316 e. The van der Waals surface area contributed by atoms with Crippen LogP contribution < -0.4 is 10.6 Å². The molecule has 2 N–H and O–H groups in total. The fourth-order valence-electron chi connectivity index (χ4n) is 2.28. The third kappa shape index (κ3) is 2.11. The minimum absolute atomic E-state index is 0.0528. The molecule has 18 heavy (non-hydrogen) atoms. The first kappa shape index (κ1) is 11.6. The molecule has 3 rings (SSSR count). The molecule has 1 saturated heterocycles. The van der Waals surface area contributed by atoms with Gasteiger partial charge in [-0.25, -0.2) is 4.98 Å². The Balaban J connectivity index is 1.77. The summed E-state index contributed by atoms with van der Waals surface area (Å²) in [5.41, 5.74) is 0.940. The highest BCUT2D eigenvalue weighted by Crippen LogP contribution is 2.26. The maximum atomic E-state index is 12.1. The first-order valence-corrected chi connectivity index (χ1v) is 6.93. The lowest BCUT2D eigenvalue weighted by Crippen LogP contribution is -2.27. The van der Waals surface area contributed by atoms with E-state index in [1.807, 2.05) is 24.3 Å². The Labute approximate surface area is 109 Å². The van der Waals surface area contributed by atoms with Gasteiger partial charge in [0.25, 0.3) is 0 Å². The Morgan fingerprint density at radius 3 is 3.00 bits per heavy atom. The van der Waals surface area contributed by atoms with E-state index >= 15 is 0 Å². The van der Waals surface area contributed by atoms with E-state index in [0.717, 1.165) is 23.3 Å². The molecule has 1 fully saturated rings. The number of aromatic nitrogens is 1. The highest BCUT2D eigenvalue weighted by Gasteiger charge is 2.29. The maximum Gasteiger partial charge on any atom is 0.230 e. The van der Waals surface area contributed by atoms with Gasteiger partial charge in [0.15, 0.2) is 5.13 Å². The average molecular weight is 261 g/mol. The van der Waals surface area contributed by atoms with E-state index < -0.39 is 0 Å². The van der Waals surface area contributed by atoms with Gasteiger partial charge in [-0.1, -0.05) is 30.4 Å². The number of para-hydroxylation sites is 1. The van der Waals surface area contributed by atoms with Crippen molar-refractivity contribution in [3.05, 3.63) is 24.3 Å². The molecule has 2 unspecified atom stereocenters. The summed E-state index contributed by atoms with van der Waals surface area (Å²) in [7, 11) is 0. The molecule has 0 spiro atoms. The monoisotopic (exact) mass is 261 g/mol. The first-order chi connectivity index (χ1) is 8.74. The van der Waals surface area contributed by atoms with Gasteiger partial charge in [-0.3, -0.25) is 4.79 Å². The normalized spacial score (nSPS) is 23.4. The molecule has 2 heterocycles. The fourth-order valence-corrected chi connectivity index (χ4v) is 3.15. The molecule has 1 aromatic heterocycles. The van der Waals surface area contributed by atoms with E-state index in [-0.39, 0.29) is 11.8 Å². The van der Waals surface area contributed by atoms with Gasteiger partial charge < -0.3 is 10.6 Å². The summed E-state index contributed by atoms with van der Waals surface area (Å²) >= 11 is 1.52. The van der Waals surface area contributed by atoms with Crippen LogP contribution in [-0.4, -0.2) is 24.0 Å². The van der Waals surface area contributed by atoms with Crippen molar-refractivity contribution in [3.8, 4) is 0 Å². The van der Waals surface area contributed by atoms with Crippen molar-refractivity contribution in [2.45, 2.75) is 6.92 Å². The summed E-state index contributed by atoms with van der Waals surface area (Å²) in [6.45, 7) is 3.78. The number of fused-ring (bicyclic) bond motifs is 1. The molecular formula is C13H15N3OS. The quantitative estimate of drug-likeness (QED) is 0.870. The molecule has 0 aliphatic carbocycles. The smallest absolute Gasteiger partial charge is 0.230 e. The van der Waals surface area contributed by atoms with E-state index in [0.29, 0.717) is 11.0 Å². The van der Waals surface area contributed by atoms with E-state index in [2.05, 4.69) is 22.5 Å². The number of nitrogens with one attached hydrogen (secondary N) is 2. The number of benzene rings is 1. The number of nitrogens with zero attached hydrogens (tertiary/aromatic N) is 1. The van der Waals surface area contributed by atoms with Gasteiger partial charge in [0.1, 0.15) is 0 Å². The summed E-state index contributed by atoms with van der Waals surface area (Å²) < 4.78 is 1.10. The third-order valence-electron chi connectivity index (χ3n) is 3.38. The molecule has 4 nitrogen and oxygen atoms in total. The van der Waals surface area contributed by atoms with Crippen molar-refractivity contribution >= 4 is 32.6 Å². The SMILES string of the molecule is CC1CNCC1C(=O)Nc1nc2ccccc2s1. The Morgan fingerprint density at radius 1 is 1.44 bits per heavy atom. The van der Waals surface area contributed by atoms with Crippen molar-refractivity contribution in [3.63, 3.8) is 0 Å². The molecule has 5 heteroatoms. The molecule has 1 amide bonds. The zero-order valence-electron chi connectivity index (χ0n) is 10.1. The van der Waals surface area contributed by atoms with E-state index in [1.54, 1.807) is 0 Å². The van der Waals surface area contributed by atoms with E-state index in [9.17, 15) is 4.79 Å². The highest BCUT2D eigenvalue weighted by atomic mass is 32.1. The Kier molecular flexibility index (Phi) is 3.01. The molecule has 1 aliphatic rings.